The molecular weight excluding hydrogens is 264 g/mol. The van der Waals surface area contributed by atoms with Gasteiger partial charge in [0.15, 0.2) is 0 Å². The minimum Gasteiger partial charge on any atom is -0.378 e. The molecule has 2 aliphatic heterocycles. The third-order valence-electron chi connectivity index (χ3n) is 4.17. The molecule has 2 fully saturated rings. The van der Waals surface area contributed by atoms with Crippen LogP contribution in [0.15, 0.2) is 29.3 Å². The smallest absolute Gasteiger partial charge is 0.201 e. The lowest BCUT2D eigenvalue weighted by Gasteiger charge is -2.30. The van der Waals surface area contributed by atoms with Crippen LogP contribution in [0.2, 0.25) is 0 Å². The average Bonchev–Trinajstić information content (AvgIpc) is 2.89. The Morgan fingerprint density at radius 1 is 1.10 bits per heavy atom. The summed E-state index contributed by atoms with van der Waals surface area (Å²) in [5.41, 5.74) is 2.27. The van der Waals surface area contributed by atoms with E-state index < -0.39 is 0 Å². The van der Waals surface area contributed by atoms with Crippen molar-refractivity contribution in [3.05, 3.63) is 24.3 Å². The maximum absolute atomic E-state index is 5.45. The van der Waals surface area contributed by atoms with E-state index in [0.29, 0.717) is 0 Å². The van der Waals surface area contributed by atoms with Crippen LogP contribution in [0.4, 0.5) is 11.4 Å². The number of likely N-dealkylation sites (N-methyl/N-ethyl adjacent to an activating group) is 2. The summed E-state index contributed by atoms with van der Waals surface area (Å²) in [7, 11) is 2.12. The van der Waals surface area contributed by atoms with Gasteiger partial charge < -0.3 is 19.4 Å². The van der Waals surface area contributed by atoms with Gasteiger partial charge in [0.2, 0.25) is 5.96 Å². The van der Waals surface area contributed by atoms with E-state index in [9.17, 15) is 0 Å². The second-order valence-corrected chi connectivity index (χ2v) is 5.50. The van der Waals surface area contributed by atoms with Gasteiger partial charge in [-0.3, -0.25) is 0 Å². The molecule has 0 aliphatic carbocycles. The Labute approximate surface area is 126 Å². The minimum atomic E-state index is 0.798. The summed E-state index contributed by atoms with van der Waals surface area (Å²) in [4.78, 5) is 11.9. The first kappa shape index (κ1) is 14.2. The van der Waals surface area contributed by atoms with Crippen molar-refractivity contribution in [2.75, 3.05) is 57.9 Å². The fourth-order valence-electron chi connectivity index (χ4n) is 2.91. The van der Waals surface area contributed by atoms with Gasteiger partial charge in [0.25, 0.3) is 0 Å². The number of anilines is 1. The van der Waals surface area contributed by atoms with Gasteiger partial charge in [-0.05, 0) is 19.1 Å². The Kier molecular flexibility index (Phi) is 4.29. The minimum absolute atomic E-state index is 0.798. The van der Waals surface area contributed by atoms with Gasteiger partial charge in [-0.25, -0.2) is 4.99 Å². The number of hydrogen-bond acceptors (Lipinski definition) is 3. The SMILES string of the molecule is CCN1CCN(C)/C1=N/c1ccccc1N1CCOCC1. The molecule has 0 radical (unpaired) electrons. The van der Waals surface area contributed by atoms with Gasteiger partial charge in [-0.1, -0.05) is 12.1 Å². The molecule has 2 aliphatic rings. The topological polar surface area (TPSA) is 31.3 Å². The van der Waals surface area contributed by atoms with E-state index in [4.69, 9.17) is 9.73 Å². The van der Waals surface area contributed by atoms with Crippen molar-refractivity contribution in [2.45, 2.75) is 6.92 Å². The molecule has 21 heavy (non-hydrogen) atoms. The summed E-state index contributed by atoms with van der Waals surface area (Å²) < 4.78 is 5.45. The maximum atomic E-state index is 5.45. The quantitative estimate of drug-likeness (QED) is 0.848. The molecule has 1 aromatic rings. The van der Waals surface area contributed by atoms with Crippen molar-refractivity contribution in [3.8, 4) is 0 Å². The average molecular weight is 288 g/mol. The Morgan fingerprint density at radius 3 is 2.62 bits per heavy atom. The lowest BCUT2D eigenvalue weighted by atomic mass is 10.2. The molecule has 114 valence electrons. The number of para-hydroxylation sites is 2. The molecule has 5 heteroatoms. The lowest BCUT2D eigenvalue weighted by molar-refractivity contribution is 0.123. The summed E-state index contributed by atoms with van der Waals surface area (Å²) >= 11 is 0. The van der Waals surface area contributed by atoms with Crippen LogP contribution in [0.25, 0.3) is 0 Å². The fraction of sp³-hybridized carbons (Fsp3) is 0.562. The number of morpholine rings is 1. The van der Waals surface area contributed by atoms with Crippen molar-refractivity contribution in [3.63, 3.8) is 0 Å². The normalized spacial score (nSPS) is 21.4. The highest BCUT2D eigenvalue weighted by molar-refractivity contribution is 5.86. The van der Waals surface area contributed by atoms with E-state index in [2.05, 4.69) is 52.9 Å². The summed E-state index contributed by atoms with van der Waals surface area (Å²) in [5.74, 6) is 1.08. The molecule has 3 rings (SSSR count). The zero-order valence-electron chi connectivity index (χ0n) is 13.0. The Bertz CT molecular complexity index is 511. The van der Waals surface area contributed by atoms with Crippen LogP contribution in [0, 0.1) is 0 Å². The first-order valence-corrected chi connectivity index (χ1v) is 7.76. The maximum Gasteiger partial charge on any atom is 0.201 e. The van der Waals surface area contributed by atoms with Crippen molar-refractivity contribution in [2.24, 2.45) is 4.99 Å². The Hall–Kier alpha value is -1.75. The molecule has 0 N–H and O–H groups in total. The van der Waals surface area contributed by atoms with Gasteiger partial charge in [0.1, 0.15) is 0 Å². The third-order valence-corrected chi connectivity index (χ3v) is 4.17. The van der Waals surface area contributed by atoms with E-state index in [1.54, 1.807) is 0 Å². The molecule has 1 aromatic carbocycles. The van der Waals surface area contributed by atoms with Crippen LogP contribution in [0.5, 0.6) is 0 Å². The monoisotopic (exact) mass is 288 g/mol. The lowest BCUT2D eigenvalue weighted by Crippen LogP contribution is -2.36. The Balaban J connectivity index is 1.91. The summed E-state index contributed by atoms with van der Waals surface area (Å²) in [6, 6.07) is 8.42. The zero-order chi connectivity index (χ0) is 14.7. The van der Waals surface area contributed by atoms with Gasteiger partial charge in [0.05, 0.1) is 24.6 Å². The predicted molar refractivity (Wildman–Crippen MR) is 86.4 cm³/mol. The molecule has 2 saturated heterocycles. The van der Waals surface area contributed by atoms with Crippen molar-refractivity contribution in [1.82, 2.24) is 9.80 Å². The van der Waals surface area contributed by atoms with Crippen LogP contribution < -0.4 is 4.90 Å². The number of guanidine groups is 1. The molecule has 0 unspecified atom stereocenters. The highest BCUT2D eigenvalue weighted by atomic mass is 16.5. The summed E-state index contributed by atoms with van der Waals surface area (Å²) in [6.45, 7) is 8.77. The van der Waals surface area contributed by atoms with Crippen molar-refractivity contribution >= 4 is 17.3 Å². The van der Waals surface area contributed by atoms with Crippen LogP contribution in [0.1, 0.15) is 6.92 Å². The number of hydrogen-bond donors (Lipinski definition) is 0. The molecule has 2 heterocycles. The van der Waals surface area contributed by atoms with Crippen LogP contribution in [0.3, 0.4) is 0 Å². The van der Waals surface area contributed by atoms with Gasteiger partial charge >= 0.3 is 0 Å². The number of aliphatic imine (C=N–C) groups is 1. The highest BCUT2D eigenvalue weighted by Crippen LogP contribution is 2.30. The molecule has 0 saturated carbocycles. The molecule has 0 atom stereocenters. The molecule has 0 aromatic heterocycles. The van der Waals surface area contributed by atoms with Crippen LogP contribution in [-0.2, 0) is 4.74 Å². The van der Waals surface area contributed by atoms with Crippen LogP contribution in [-0.4, -0.2) is 68.7 Å². The van der Waals surface area contributed by atoms with E-state index in [1.165, 1.54) is 5.69 Å². The number of rotatable bonds is 3. The predicted octanol–water partition coefficient (Wildman–Crippen LogP) is 1.78. The fourth-order valence-corrected chi connectivity index (χ4v) is 2.91. The summed E-state index contributed by atoms with van der Waals surface area (Å²) in [5, 5.41) is 0. The standard InChI is InChI=1S/C16H24N4O/c1-3-19-9-8-18(2)16(19)17-14-6-4-5-7-15(14)20-10-12-21-13-11-20/h4-7H,3,8-13H2,1-2H3/b17-16-. The third kappa shape index (κ3) is 2.97. The number of ether oxygens (including phenoxy) is 1. The van der Waals surface area contributed by atoms with Crippen LogP contribution >= 0.6 is 0 Å². The number of benzene rings is 1. The van der Waals surface area contributed by atoms with E-state index >= 15 is 0 Å². The van der Waals surface area contributed by atoms with Gasteiger partial charge in [-0.2, -0.15) is 0 Å². The molecule has 0 bridgehead atoms. The largest absolute Gasteiger partial charge is 0.378 e. The second kappa shape index (κ2) is 6.35. The van der Waals surface area contributed by atoms with Crippen molar-refractivity contribution in [1.29, 1.82) is 0 Å². The molecule has 0 spiro atoms. The number of nitrogens with zero attached hydrogens (tertiary/aromatic N) is 4. The first-order valence-electron chi connectivity index (χ1n) is 7.76. The highest BCUT2D eigenvalue weighted by Gasteiger charge is 2.23. The summed E-state index contributed by atoms with van der Waals surface area (Å²) in [6.07, 6.45) is 0. The van der Waals surface area contributed by atoms with Gasteiger partial charge in [-0.15, -0.1) is 0 Å². The molecule has 5 nitrogen and oxygen atoms in total. The van der Waals surface area contributed by atoms with Gasteiger partial charge in [0, 0.05) is 39.8 Å². The second-order valence-electron chi connectivity index (χ2n) is 5.50. The zero-order valence-corrected chi connectivity index (χ0v) is 13.0. The van der Waals surface area contributed by atoms with E-state index in [1.807, 2.05) is 0 Å². The molecule has 0 amide bonds. The first-order chi connectivity index (χ1) is 10.3. The van der Waals surface area contributed by atoms with Crippen molar-refractivity contribution < 1.29 is 4.74 Å². The van der Waals surface area contributed by atoms with E-state index in [0.717, 1.165) is 57.6 Å². The Morgan fingerprint density at radius 2 is 1.86 bits per heavy atom. The van der Waals surface area contributed by atoms with E-state index in [-0.39, 0.29) is 0 Å². The molecular formula is C16H24N4O.